The molecule has 6 heteroatoms. The fourth-order valence-corrected chi connectivity index (χ4v) is 13.1. The summed E-state index contributed by atoms with van der Waals surface area (Å²) in [6.45, 7) is 14.3. The van der Waals surface area contributed by atoms with E-state index in [1.165, 1.54) is 0 Å². The maximum absolute atomic E-state index is 13.6. The maximum Gasteiger partial charge on any atom is 0.194 e. The molecule has 1 heterocycles. The van der Waals surface area contributed by atoms with Crippen LogP contribution in [0.5, 0.6) is 0 Å². The zero-order valence-electron chi connectivity index (χ0n) is 14.9. The Morgan fingerprint density at radius 2 is 1.57 bits per heavy atom. The van der Waals surface area contributed by atoms with Crippen LogP contribution in [0.15, 0.2) is 34.3 Å². The Morgan fingerprint density at radius 3 is 2.00 bits per heavy atom. The third-order valence-electron chi connectivity index (χ3n) is 5.81. The van der Waals surface area contributed by atoms with Crippen LogP contribution in [0.1, 0.15) is 26.3 Å². The average Bonchev–Trinajstić information content (AvgIpc) is 2.70. The van der Waals surface area contributed by atoms with Crippen molar-refractivity contribution in [3.8, 4) is 0 Å². The first-order chi connectivity index (χ1) is 10.4. The Labute approximate surface area is 139 Å². The number of hydrogen-bond donors (Lipinski definition) is 0. The van der Waals surface area contributed by atoms with E-state index in [2.05, 4.69) is 24.8 Å². The monoisotopic (exact) mass is 351 g/mol. The summed E-state index contributed by atoms with van der Waals surface area (Å²) in [6, 6.07) is 7.09. The lowest BCUT2D eigenvalue weighted by Gasteiger charge is -2.29. The van der Waals surface area contributed by atoms with E-state index in [0.29, 0.717) is 10.6 Å². The summed E-state index contributed by atoms with van der Waals surface area (Å²) in [5, 5.41) is 3.45. The van der Waals surface area contributed by atoms with Crippen molar-refractivity contribution in [3.63, 3.8) is 0 Å². The van der Waals surface area contributed by atoms with E-state index in [4.69, 9.17) is 4.84 Å². The van der Waals surface area contributed by atoms with Crippen molar-refractivity contribution in [2.75, 3.05) is 0 Å². The van der Waals surface area contributed by atoms with Gasteiger partial charge in [0.1, 0.15) is 8.07 Å². The SMILES string of the molecule is CC1=NOC2([Si](C)(C)C)C(C)(C)C12S(=O)(=O)c1ccc(C)cc1. The number of oxime groups is 1. The number of aryl methyl sites for hydroxylation is 1. The Hall–Kier alpha value is -1.14. The van der Waals surface area contributed by atoms with Gasteiger partial charge in [0.2, 0.25) is 0 Å². The van der Waals surface area contributed by atoms with Gasteiger partial charge in [0.15, 0.2) is 19.8 Å². The van der Waals surface area contributed by atoms with Crippen LogP contribution in [0, 0.1) is 12.3 Å². The first kappa shape index (κ1) is 16.7. The molecule has 1 aliphatic heterocycles. The van der Waals surface area contributed by atoms with E-state index < -0.39 is 33.3 Å². The van der Waals surface area contributed by atoms with Crippen molar-refractivity contribution in [2.24, 2.45) is 10.6 Å². The molecule has 1 fully saturated rings. The van der Waals surface area contributed by atoms with Gasteiger partial charge >= 0.3 is 0 Å². The molecule has 1 aromatic rings. The van der Waals surface area contributed by atoms with Crippen LogP contribution in [0.4, 0.5) is 0 Å². The number of rotatable bonds is 3. The highest BCUT2D eigenvalue weighted by Crippen LogP contribution is 2.77. The molecule has 1 aromatic carbocycles. The molecule has 23 heavy (non-hydrogen) atoms. The summed E-state index contributed by atoms with van der Waals surface area (Å²) in [5.74, 6) is 0. The number of benzene rings is 1. The zero-order chi connectivity index (χ0) is 17.5. The zero-order valence-corrected chi connectivity index (χ0v) is 16.7. The van der Waals surface area contributed by atoms with Gasteiger partial charge in [-0.25, -0.2) is 8.42 Å². The summed E-state index contributed by atoms with van der Waals surface area (Å²) in [7, 11) is -5.59. The molecule has 2 unspecified atom stereocenters. The van der Waals surface area contributed by atoms with E-state index in [0.717, 1.165) is 5.56 Å². The minimum absolute atomic E-state index is 0.358. The molecule has 1 aliphatic carbocycles. The minimum Gasteiger partial charge on any atom is -0.390 e. The van der Waals surface area contributed by atoms with Gasteiger partial charge in [-0.15, -0.1) is 0 Å². The Balaban J connectivity index is 2.28. The molecule has 0 spiro atoms. The summed E-state index contributed by atoms with van der Waals surface area (Å²) in [5.41, 5.74) is 1.14. The number of fused-ring (bicyclic) bond motifs is 1. The van der Waals surface area contributed by atoms with Crippen molar-refractivity contribution in [1.82, 2.24) is 0 Å². The predicted octanol–water partition coefficient (Wildman–Crippen LogP) is 3.57. The van der Waals surface area contributed by atoms with E-state index in [-0.39, 0.29) is 0 Å². The van der Waals surface area contributed by atoms with Crippen molar-refractivity contribution in [1.29, 1.82) is 0 Å². The van der Waals surface area contributed by atoms with E-state index in [1.54, 1.807) is 19.1 Å². The van der Waals surface area contributed by atoms with Crippen LogP contribution in [0.3, 0.4) is 0 Å². The summed E-state index contributed by atoms with van der Waals surface area (Å²) >= 11 is 0. The maximum atomic E-state index is 13.6. The van der Waals surface area contributed by atoms with Crippen LogP contribution in [-0.2, 0) is 14.7 Å². The second-order valence-corrected chi connectivity index (χ2v) is 15.6. The molecule has 3 rings (SSSR count). The Morgan fingerprint density at radius 1 is 1.04 bits per heavy atom. The molecule has 2 aliphatic rings. The molecule has 4 nitrogen and oxygen atoms in total. The van der Waals surface area contributed by atoms with E-state index in [9.17, 15) is 8.42 Å². The molecule has 1 saturated carbocycles. The first-order valence-electron chi connectivity index (χ1n) is 7.92. The Bertz CT molecular complexity index is 805. The van der Waals surface area contributed by atoms with Gasteiger partial charge in [-0.2, -0.15) is 0 Å². The largest absolute Gasteiger partial charge is 0.390 e. The molecule has 0 amide bonds. The van der Waals surface area contributed by atoms with Gasteiger partial charge < -0.3 is 4.84 Å². The first-order valence-corrected chi connectivity index (χ1v) is 12.9. The topological polar surface area (TPSA) is 55.7 Å². The number of hydrogen-bond acceptors (Lipinski definition) is 4. The van der Waals surface area contributed by atoms with Gasteiger partial charge in [0.05, 0.1) is 10.6 Å². The van der Waals surface area contributed by atoms with E-state index in [1.807, 2.05) is 32.9 Å². The van der Waals surface area contributed by atoms with Gasteiger partial charge in [-0.3, -0.25) is 0 Å². The van der Waals surface area contributed by atoms with E-state index >= 15 is 0 Å². The lowest BCUT2D eigenvalue weighted by molar-refractivity contribution is 0.0716. The minimum atomic E-state index is -3.60. The van der Waals surface area contributed by atoms with Crippen LogP contribution < -0.4 is 0 Å². The Kier molecular flexibility index (Phi) is 3.11. The van der Waals surface area contributed by atoms with Gasteiger partial charge in [-0.1, -0.05) is 56.3 Å². The molecular weight excluding hydrogens is 326 g/mol. The highest BCUT2D eigenvalue weighted by molar-refractivity contribution is 7.94. The summed E-state index contributed by atoms with van der Waals surface area (Å²) in [6.07, 6.45) is 0. The van der Waals surface area contributed by atoms with Crippen molar-refractivity contribution in [3.05, 3.63) is 29.8 Å². The fourth-order valence-electron chi connectivity index (χ4n) is 5.10. The second kappa shape index (κ2) is 4.28. The molecule has 0 bridgehead atoms. The third-order valence-corrected chi connectivity index (χ3v) is 12.0. The molecule has 0 saturated heterocycles. The van der Waals surface area contributed by atoms with Crippen molar-refractivity contribution in [2.45, 2.75) is 62.2 Å². The lowest BCUT2D eigenvalue weighted by atomic mass is 10.1. The van der Waals surface area contributed by atoms with Crippen molar-refractivity contribution >= 4 is 23.6 Å². The molecular formula is C17H25NO3SSi. The molecule has 126 valence electrons. The summed E-state index contributed by atoms with van der Waals surface area (Å²) in [4.78, 5) is 6.27. The van der Waals surface area contributed by atoms with Crippen molar-refractivity contribution < 1.29 is 13.3 Å². The van der Waals surface area contributed by atoms with Crippen LogP contribution in [0.25, 0.3) is 0 Å². The molecule has 0 radical (unpaired) electrons. The smallest absolute Gasteiger partial charge is 0.194 e. The van der Waals surface area contributed by atoms with Gasteiger partial charge in [0.25, 0.3) is 0 Å². The number of sulfone groups is 1. The highest BCUT2D eigenvalue weighted by Gasteiger charge is 2.97. The third kappa shape index (κ3) is 1.52. The predicted molar refractivity (Wildman–Crippen MR) is 95.1 cm³/mol. The molecule has 0 aromatic heterocycles. The highest BCUT2D eigenvalue weighted by atomic mass is 32.2. The van der Waals surface area contributed by atoms with Gasteiger partial charge in [-0.05, 0) is 26.0 Å². The standard InChI is InChI=1S/C17H25NO3SSi/c1-12-8-10-14(11-9-12)22(19,20)16-13(2)18-21-17(16,15(16,3)4)23(5,6)7/h8-11H,1-7H3. The number of nitrogens with zero attached hydrogens (tertiary/aromatic N) is 1. The quantitative estimate of drug-likeness (QED) is 0.782. The molecule has 0 N–H and O–H groups in total. The normalized spacial score (nSPS) is 32.0. The molecule has 2 atom stereocenters. The summed E-state index contributed by atoms with van der Waals surface area (Å²) < 4.78 is 26.2. The lowest BCUT2D eigenvalue weighted by Crippen LogP contribution is -2.50. The second-order valence-electron chi connectivity index (χ2n) is 8.32. The van der Waals surface area contributed by atoms with Crippen LogP contribution in [-0.4, -0.2) is 32.2 Å². The van der Waals surface area contributed by atoms with Crippen LogP contribution in [0.2, 0.25) is 19.6 Å². The fraction of sp³-hybridized carbons (Fsp3) is 0.588. The average molecular weight is 352 g/mol. The van der Waals surface area contributed by atoms with Crippen LogP contribution >= 0.6 is 0 Å². The van der Waals surface area contributed by atoms with Gasteiger partial charge in [0, 0.05) is 5.41 Å².